The van der Waals surface area contributed by atoms with Crippen LogP contribution >= 0.6 is 0 Å². The molecule has 0 aromatic heterocycles. The van der Waals surface area contributed by atoms with E-state index in [0.717, 1.165) is 30.6 Å². The lowest BCUT2D eigenvalue weighted by atomic mass is 10.0. The van der Waals surface area contributed by atoms with Crippen molar-refractivity contribution >= 4 is 5.97 Å². The molecule has 1 aliphatic heterocycles. The number of benzene rings is 1. The minimum atomic E-state index is -0.0869. The fraction of sp³-hybridized carbons (Fsp3) is 0.720. The molecule has 1 fully saturated rings. The smallest absolute Gasteiger partial charge is 0.306 e. The monoisotopic (exact) mass is 404 g/mol. The Labute approximate surface area is 177 Å². The Morgan fingerprint density at radius 2 is 1.59 bits per heavy atom. The Balaban J connectivity index is 1.66. The van der Waals surface area contributed by atoms with Crippen molar-refractivity contribution in [1.29, 1.82) is 0 Å². The first-order chi connectivity index (χ1) is 14.2. The number of cyclic esters (lactones) is 1. The zero-order valence-corrected chi connectivity index (χ0v) is 18.5. The molecule has 4 heteroatoms. The Morgan fingerprint density at radius 1 is 0.966 bits per heavy atom. The predicted molar refractivity (Wildman–Crippen MR) is 117 cm³/mol. The standard InChI is InChI=1S/C25H40O4/c1-3-4-5-6-7-8-9-10-11-12-13-23(24-18-19-25(26)29-24)28-20-21-14-16-22(27-2)17-15-21/h14-17,23-24H,3-13,18-20H2,1-2H3/t23-,24-/m0/s1. The maximum absolute atomic E-state index is 11.6. The summed E-state index contributed by atoms with van der Waals surface area (Å²) >= 11 is 0. The summed E-state index contributed by atoms with van der Waals surface area (Å²) in [6.45, 7) is 2.81. The van der Waals surface area contributed by atoms with Gasteiger partial charge in [-0.2, -0.15) is 0 Å². The Morgan fingerprint density at radius 3 is 2.14 bits per heavy atom. The van der Waals surface area contributed by atoms with E-state index in [1.807, 2.05) is 24.3 Å². The molecule has 1 aromatic carbocycles. The molecular formula is C25H40O4. The third kappa shape index (κ3) is 9.66. The highest BCUT2D eigenvalue weighted by atomic mass is 16.6. The van der Waals surface area contributed by atoms with E-state index in [-0.39, 0.29) is 18.2 Å². The van der Waals surface area contributed by atoms with E-state index in [0.29, 0.717) is 13.0 Å². The van der Waals surface area contributed by atoms with Gasteiger partial charge < -0.3 is 14.2 Å². The van der Waals surface area contributed by atoms with Gasteiger partial charge in [-0.15, -0.1) is 0 Å². The maximum atomic E-state index is 11.6. The van der Waals surface area contributed by atoms with E-state index in [1.165, 1.54) is 57.8 Å². The van der Waals surface area contributed by atoms with Crippen molar-refractivity contribution in [2.24, 2.45) is 0 Å². The van der Waals surface area contributed by atoms with Crippen LogP contribution in [-0.4, -0.2) is 25.3 Å². The van der Waals surface area contributed by atoms with Gasteiger partial charge in [0, 0.05) is 6.42 Å². The van der Waals surface area contributed by atoms with Gasteiger partial charge in [-0.1, -0.05) is 83.3 Å². The molecular weight excluding hydrogens is 364 g/mol. The first kappa shape index (κ1) is 23.7. The van der Waals surface area contributed by atoms with Crippen LogP contribution in [0.25, 0.3) is 0 Å². The van der Waals surface area contributed by atoms with Crippen molar-refractivity contribution < 1.29 is 19.0 Å². The summed E-state index contributed by atoms with van der Waals surface area (Å²) in [5.74, 6) is 0.761. The average Bonchev–Trinajstić information content (AvgIpc) is 3.18. The van der Waals surface area contributed by atoms with Gasteiger partial charge in [0.1, 0.15) is 11.9 Å². The van der Waals surface area contributed by atoms with Crippen LogP contribution in [0.4, 0.5) is 0 Å². The van der Waals surface area contributed by atoms with Crippen molar-refractivity contribution in [2.75, 3.05) is 7.11 Å². The van der Waals surface area contributed by atoms with Crippen molar-refractivity contribution in [1.82, 2.24) is 0 Å². The van der Waals surface area contributed by atoms with Gasteiger partial charge in [-0.3, -0.25) is 4.79 Å². The molecule has 1 heterocycles. The second kappa shape index (κ2) is 14.4. The summed E-state index contributed by atoms with van der Waals surface area (Å²) in [5.41, 5.74) is 1.11. The number of esters is 1. The summed E-state index contributed by atoms with van der Waals surface area (Å²) in [7, 11) is 1.67. The highest BCUT2D eigenvalue weighted by molar-refractivity contribution is 5.71. The summed E-state index contributed by atoms with van der Waals surface area (Å²) in [5, 5.41) is 0. The quantitative estimate of drug-likeness (QED) is 0.230. The zero-order valence-electron chi connectivity index (χ0n) is 18.5. The molecule has 1 aliphatic rings. The van der Waals surface area contributed by atoms with E-state index >= 15 is 0 Å². The molecule has 2 rings (SSSR count). The molecule has 1 aromatic rings. The van der Waals surface area contributed by atoms with Gasteiger partial charge >= 0.3 is 5.97 Å². The third-order valence-electron chi connectivity index (χ3n) is 5.80. The predicted octanol–water partition coefficient (Wildman–Crippen LogP) is 6.60. The summed E-state index contributed by atoms with van der Waals surface area (Å²) in [4.78, 5) is 11.6. The second-order valence-corrected chi connectivity index (χ2v) is 8.24. The van der Waals surface area contributed by atoms with Crippen molar-refractivity contribution in [2.45, 2.75) is 109 Å². The lowest BCUT2D eigenvalue weighted by Crippen LogP contribution is -2.29. The van der Waals surface area contributed by atoms with Gasteiger partial charge in [0.2, 0.25) is 0 Å². The van der Waals surface area contributed by atoms with Gasteiger partial charge in [0.05, 0.1) is 19.8 Å². The molecule has 0 aliphatic carbocycles. The van der Waals surface area contributed by atoms with Crippen LogP contribution in [0.2, 0.25) is 0 Å². The minimum Gasteiger partial charge on any atom is -0.497 e. The van der Waals surface area contributed by atoms with Crippen molar-refractivity contribution in [3.8, 4) is 5.75 Å². The lowest BCUT2D eigenvalue weighted by molar-refractivity contribution is -0.148. The number of methoxy groups -OCH3 is 1. The van der Waals surface area contributed by atoms with Gasteiger partial charge in [0.15, 0.2) is 0 Å². The SMILES string of the molecule is CCCCCCCCCCCC[C@H](OCc1ccc(OC)cc1)[C@@H]1CCC(=O)O1. The molecule has 0 amide bonds. The zero-order chi connectivity index (χ0) is 20.7. The Hall–Kier alpha value is -1.55. The van der Waals surface area contributed by atoms with Crippen LogP contribution in [0.3, 0.4) is 0 Å². The number of carbonyl (C=O) groups is 1. The normalized spacial score (nSPS) is 17.3. The Kier molecular flexibility index (Phi) is 11.8. The van der Waals surface area contributed by atoms with Crippen LogP contribution in [0.15, 0.2) is 24.3 Å². The molecule has 0 radical (unpaired) electrons. The molecule has 1 saturated heterocycles. The Bertz CT molecular complexity index is 554. The second-order valence-electron chi connectivity index (χ2n) is 8.24. The summed E-state index contributed by atoms with van der Waals surface area (Å²) in [6, 6.07) is 7.95. The first-order valence-electron chi connectivity index (χ1n) is 11.7. The number of hydrogen-bond acceptors (Lipinski definition) is 4. The van der Waals surface area contributed by atoms with E-state index in [2.05, 4.69) is 6.92 Å². The fourth-order valence-electron chi connectivity index (χ4n) is 3.94. The van der Waals surface area contributed by atoms with Crippen LogP contribution in [-0.2, 0) is 20.9 Å². The minimum absolute atomic E-state index is 0.00223. The largest absolute Gasteiger partial charge is 0.497 e. The van der Waals surface area contributed by atoms with Gasteiger partial charge in [-0.25, -0.2) is 0 Å². The summed E-state index contributed by atoms with van der Waals surface area (Å²) < 4.78 is 16.9. The van der Waals surface area contributed by atoms with Gasteiger partial charge in [0.25, 0.3) is 0 Å². The van der Waals surface area contributed by atoms with E-state index in [4.69, 9.17) is 14.2 Å². The molecule has 0 N–H and O–H groups in total. The molecule has 29 heavy (non-hydrogen) atoms. The lowest BCUT2D eigenvalue weighted by Gasteiger charge is -2.23. The van der Waals surface area contributed by atoms with E-state index in [9.17, 15) is 4.79 Å². The molecule has 0 unspecified atom stereocenters. The fourth-order valence-corrected chi connectivity index (χ4v) is 3.94. The maximum Gasteiger partial charge on any atom is 0.306 e. The first-order valence-corrected chi connectivity index (χ1v) is 11.7. The van der Waals surface area contributed by atoms with Crippen molar-refractivity contribution in [3.05, 3.63) is 29.8 Å². The van der Waals surface area contributed by atoms with Gasteiger partial charge in [-0.05, 0) is 30.5 Å². The number of hydrogen-bond donors (Lipinski definition) is 0. The van der Waals surface area contributed by atoms with Crippen molar-refractivity contribution in [3.63, 3.8) is 0 Å². The number of carbonyl (C=O) groups excluding carboxylic acids is 1. The van der Waals surface area contributed by atoms with E-state index in [1.54, 1.807) is 7.11 Å². The van der Waals surface area contributed by atoms with Crippen LogP contribution in [0, 0.1) is 0 Å². The van der Waals surface area contributed by atoms with Crippen LogP contribution in [0.1, 0.15) is 96.0 Å². The van der Waals surface area contributed by atoms with E-state index < -0.39 is 0 Å². The third-order valence-corrected chi connectivity index (χ3v) is 5.80. The molecule has 2 atom stereocenters. The highest BCUT2D eigenvalue weighted by Crippen LogP contribution is 2.25. The molecule has 0 bridgehead atoms. The molecule has 0 spiro atoms. The highest BCUT2D eigenvalue weighted by Gasteiger charge is 2.31. The summed E-state index contributed by atoms with van der Waals surface area (Å²) in [6.07, 6.45) is 15.4. The molecule has 4 nitrogen and oxygen atoms in total. The number of ether oxygens (including phenoxy) is 3. The van der Waals surface area contributed by atoms with Crippen LogP contribution < -0.4 is 4.74 Å². The van der Waals surface area contributed by atoms with Crippen LogP contribution in [0.5, 0.6) is 5.75 Å². The average molecular weight is 405 g/mol. The number of rotatable bonds is 16. The number of unbranched alkanes of at least 4 members (excludes halogenated alkanes) is 9. The molecule has 164 valence electrons. The topological polar surface area (TPSA) is 44.8 Å². The molecule has 0 saturated carbocycles.